The Balaban J connectivity index is 0.00000361. The Hall–Kier alpha value is -0.860. The lowest BCUT2D eigenvalue weighted by atomic mass is 10.3. The minimum Gasteiger partial charge on any atom is -0.354 e. The fourth-order valence-corrected chi connectivity index (χ4v) is 1.91. The van der Waals surface area contributed by atoms with Crippen molar-refractivity contribution in [3.63, 3.8) is 0 Å². The van der Waals surface area contributed by atoms with Crippen molar-refractivity contribution in [1.29, 1.82) is 0 Å². The molecule has 7 heteroatoms. The predicted molar refractivity (Wildman–Crippen MR) is 93.7 cm³/mol. The summed E-state index contributed by atoms with van der Waals surface area (Å²) in [7, 11) is 3.89. The highest BCUT2D eigenvalue weighted by Crippen LogP contribution is 1.96. The molecule has 0 saturated heterocycles. The van der Waals surface area contributed by atoms with Crippen molar-refractivity contribution in [2.45, 2.75) is 39.7 Å². The number of halogens is 1. The summed E-state index contributed by atoms with van der Waals surface area (Å²) in [4.78, 5) is 6.46. The Morgan fingerprint density at radius 1 is 1.45 bits per heavy atom. The number of aliphatic imine (C=N–C) groups is 1. The molecule has 0 aliphatic heterocycles. The van der Waals surface area contributed by atoms with Gasteiger partial charge in [-0.15, -0.1) is 34.2 Å². The van der Waals surface area contributed by atoms with Crippen molar-refractivity contribution in [3.05, 3.63) is 12.2 Å². The van der Waals surface area contributed by atoms with Crippen LogP contribution in [0.25, 0.3) is 0 Å². The van der Waals surface area contributed by atoms with Gasteiger partial charge in [-0.25, -0.2) is 0 Å². The van der Waals surface area contributed by atoms with Gasteiger partial charge in [0.25, 0.3) is 0 Å². The first-order valence-electron chi connectivity index (χ1n) is 7.01. The lowest BCUT2D eigenvalue weighted by Gasteiger charge is -2.22. The third-order valence-corrected chi connectivity index (χ3v) is 3.07. The number of hydrogen-bond acceptors (Lipinski definition) is 3. The van der Waals surface area contributed by atoms with Crippen LogP contribution in [0.4, 0.5) is 0 Å². The SMILES string of the molecule is CCCCN(C)C(=NC)NCCn1cnnc1CC.I. The smallest absolute Gasteiger partial charge is 0.193 e. The molecule has 0 saturated carbocycles. The number of unbranched alkanes of at least 4 members (excludes halogenated alkanes) is 1. The van der Waals surface area contributed by atoms with Crippen molar-refractivity contribution in [2.75, 3.05) is 27.2 Å². The van der Waals surface area contributed by atoms with E-state index in [9.17, 15) is 0 Å². The monoisotopic (exact) mass is 394 g/mol. The number of nitrogens with zero attached hydrogens (tertiary/aromatic N) is 5. The third-order valence-electron chi connectivity index (χ3n) is 3.07. The highest BCUT2D eigenvalue weighted by molar-refractivity contribution is 14.0. The van der Waals surface area contributed by atoms with Crippen LogP contribution < -0.4 is 5.32 Å². The van der Waals surface area contributed by atoms with E-state index >= 15 is 0 Å². The molecule has 116 valence electrons. The first-order chi connectivity index (χ1) is 9.22. The van der Waals surface area contributed by atoms with Gasteiger partial charge < -0.3 is 14.8 Å². The molecule has 1 aromatic rings. The first kappa shape index (κ1) is 19.1. The van der Waals surface area contributed by atoms with E-state index in [1.807, 2.05) is 7.05 Å². The fraction of sp³-hybridized carbons (Fsp3) is 0.769. The molecule has 0 atom stereocenters. The van der Waals surface area contributed by atoms with Gasteiger partial charge in [0.05, 0.1) is 0 Å². The van der Waals surface area contributed by atoms with E-state index in [4.69, 9.17) is 0 Å². The summed E-state index contributed by atoms with van der Waals surface area (Å²) >= 11 is 0. The number of nitrogens with one attached hydrogen (secondary N) is 1. The summed E-state index contributed by atoms with van der Waals surface area (Å²) in [6, 6.07) is 0. The van der Waals surface area contributed by atoms with E-state index in [-0.39, 0.29) is 24.0 Å². The third kappa shape index (κ3) is 6.06. The van der Waals surface area contributed by atoms with Gasteiger partial charge in [-0.2, -0.15) is 0 Å². The lowest BCUT2D eigenvalue weighted by molar-refractivity contribution is 0.461. The van der Waals surface area contributed by atoms with Crippen LogP contribution in [-0.4, -0.2) is 52.8 Å². The molecule has 6 nitrogen and oxygen atoms in total. The highest BCUT2D eigenvalue weighted by Gasteiger charge is 2.05. The first-order valence-corrected chi connectivity index (χ1v) is 7.01. The van der Waals surface area contributed by atoms with Crippen molar-refractivity contribution >= 4 is 29.9 Å². The Bertz CT molecular complexity index is 390. The van der Waals surface area contributed by atoms with E-state index in [2.05, 4.69) is 50.9 Å². The van der Waals surface area contributed by atoms with Crippen LogP contribution in [0.2, 0.25) is 0 Å². The van der Waals surface area contributed by atoms with Gasteiger partial charge >= 0.3 is 0 Å². The fourth-order valence-electron chi connectivity index (χ4n) is 1.91. The standard InChI is InChI=1S/C13H26N6.HI/c1-5-7-9-18(4)13(14-3)15-8-10-19-11-16-17-12(19)6-2;/h11H,5-10H2,1-4H3,(H,14,15);1H. The second-order valence-corrected chi connectivity index (χ2v) is 4.54. The summed E-state index contributed by atoms with van der Waals surface area (Å²) in [5.74, 6) is 1.97. The van der Waals surface area contributed by atoms with Crippen LogP contribution in [0.5, 0.6) is 0 Å². The summed E-state index contributed by atoms with van der Waals surface area (Å²) in [5.41, 5.74) is 0. The quantitative estimate of drug-likeness (QED) is 0.435. The zero-order valence-corrected chi connectivity index (χ0v) is 15.3. The molecular formula is C13H27IN6. The van der Waals surface area contributed by atoms with E-state index < -0.39 is 0 Å². The maximum atomic E-state index is 4.29. The van der Waals surface area contributed by atoms with E-state index in [0.717, 1.165) is 37.8 Å². The molecule has 0 spiro atoms. The lowest BCUT2D eigenvalue weighted by Crippen LogP contribution is -2.40. The molecule has 0 unspecified atom stereocenters. The van der Waals surface area contributed by atoms with Crippen molar-refractivity contribution < 1.29 is 0 Å². The molecule has 0 bridgehead atoms. The Kier molecular flexibility index (Phi) is 10.4. The maximum absolute atomic E-state index is 4.29. The zero-order valence-electron chi connectivity index (χ0n) is 13.0. The molecule has 1 N–H and O–H groups in total. The number of aromatic nitrogens is 3. The number of guanidine groups is 1. The Morgan fingerprint density at radius 2 is 2.20 bits per heavy atom. The van der Waals surface area contributed by atoms with E-state index in [1.165, 1.54) is 12.8 Å². The molecule has 1 rings (SSSR count). The minimum atomic E-state index is 0. The summed E-state index contributed by atoms with van der Waals surface area (Å²) in [5, 5.41) is 11.4. The molecule has 0 aliphatic rings. The summed E-state index contributed by atoms with van der Waals surface area (Å²) < 4.78 is 2.08. The maximum Gasteiger partial charge on any atom is 0.193 e. The van der Waals surface area contributed by atoms with E-state index in [1.54, 1.807) is 6.33 Å². The average Bonchev–Trinajstić information content (AvgIpc) is 2.88. The van der Waals surface area contributed by atoms with Crippen LogP contribution in [0.3, 0.4) is 0 Å². The van der Waals surface area contributed by atoms with Gasteiger partial charge in [0.2, 0.25) is 0 Å². The Morgan fingerprint density at radius 3 is 2.80 bits per heavy atom. The second-order valence-electron chi connectivity index (χ2n) is 4.54. The molecule has 0 fully saturated rings. The van der Waals surface area contributed by atoms with Gasteiger partial charge in [-0.3, -0.25) is 4.99 Å². The molecule has 0 amide bonds. The van der Waals surface area contributed by atoms with Crippen LogP contribution in [0.1, 0.15) is 32.5 Å². The molecule has 0 aliphatic carbocycles. The van der Waals surface area contributed by atoms with Crippen molar-refractivity contribution in [2.24, 2.45) is 4.99 Å². The van der Waals surface area contributed by atoms with Crippen LogP contribution >= 0.6 is 24.0 Å². The molecule has 1 aromatic heterocycles. The predicted octanol–water partition coefficient (Wildman–Crippen LogP) is 1.77. The van der Waals surface area contributed by atoms with Crippen molar-refractivity contribution in [3.8, 4) is 0 Å². The van der Waals surface area contributed by atoms with E-state index in [0.29, 0.717) is 0 Å². The number of hydrogen-bond donors (Lipinski definition) is 1. The number of aryl methyl sites for hydroxylation is 1. The van der Waals surface area contributed by atoms with Crippen LogP contribution in [-0.2, 0) is 13.0 Å². The average molecular weight is 394 g/mol. The van der Waals surface area contributed by atoms with Crippen LogP contribution in [0, 0.1) is 0 Å². The van der Waals surface area contributed by atoms with Gasteiger partial charge in [-0.1, -0.05) is 20.3 Å². The molecule has 0 aromatic carbocycles. The second kappa shape index (κ2) is 10.9. The van der Waals surface area contributed by atoms with Crippen LogP contribution in [0.15, 0.2) is 11.3 Å². The summed E-state index contributed by atoms with van der Waals surface area (Å²) in [6.07, 6.45) is 5.07. The zero-order chi connectivity index (χ0) is 14.1. The van der Waals surface area contributed by atoms with Crippen molar-refractivity contribution in [1.82, 2.24) is 25.0 Å². The molecule has 20 heavy (non-hydrogen) atoms. The van der Waals surface area contributed by atoms with Gasteiger partial charge in [0.15, 0.2) is 5.96 Å². The molecule has 1 heterocycles. The minimum absolute atomic E-state index is 0. The van der Waals surface area contributed by atoms with Gasteiger partial charge in [-0.05, 0) is 6.42 Å². The molecular weight excluding hydrogens is 367 g/mol. The number of rotatable bonds is 7. The largest absolute Gasteiger partial charge is 0.354 e. The highest BCUT2D eigenvalue weighted by atomic mass is 127. The summed E-state index contributed by atoms with van der Waals surface area (Å²) in [6.45, 7) is 7.00. The normalized spacial score (nSPS) is 11.1. The molecule has 0 radical (unpaired) electrons. The van der Waals surface area contributed by atoms with Gasteiger partial charge in [0.1, 0.15) is 12.2 Å². The van der Waals surface area contributed by atoms with Gasteiger partial charge in [0, 0.05) is 40.2 Å². The Labute approximate surface area is 139 Å². The topological polar surface area (TPSA) is 58.3 Å².